The van der Waals surface area contributed by atoms with Gasteiger partial charge in [0.2, 0.25) is 10.0 Å². The third kappa shape index (κ3) is 3.78. The molecule has 0 spiro atoms. The molecule has 1 aromatic carbocycles. The molecule has 0 aliphatic rings. The van der Waals surface area contributed by atoms with E-state index in [1.165, 1.54) is 12.1 Å². The zero-order valence-electron chi connectivity index (χ0n) is 11.0. The molecule has 0 fully saturated rings. The van der Waals surface area contributed by atoms with Crippen molar-refractivity contribution in [2.75, 3.05) is 13.7 Å². The predicted molar refractivity (Wildman–Crippen MR) is 70.0 cm³/mol. The standard InChI is InChI=1S/C12H15NO6S/c1-3-8-4-5-9(12(15)16)6-10(8)20(17,18)13-7-11(14)19-2/h4-6,13H,3,7H2,1-2H3,(H,15,16). The van der Waals surface area contributed by atoms with E-state index in [0.717, 1.165) is 13.2 Å². The van der Waals surface area contributed by atoms with E-state index in [-0.39, 0.29) is 10.5 Å². The Morgan fingerprint density at radius 2 is 2.00 bits per heavy atom. The van der Waals surface area contributed by atoms with Gasteiger partial charge in [-0.25, -0.2) is 13.2 Å². The van der Waals surface area contributed by atoms with Gasteiger partial charge >= 0.3 is 11.9 Å². The molecule has 1 aromatic rings. The number of aryl methyl sites for hydroxylation is 1. The number of ether oxygens (including phenoxy) is 1. The smallest absolute Gasteiger partial charge is 0.335 e. The van der Waals surface area contributed by atoms with Crippen molar-refractivity contribution >= 4 is 22.0 Å². The Morgan fingerprint density at radius 1 is 1.35 bits per heavy atom. The van der Waals surface area contributed by atoms with Crippen molar-refractivity contribution in [3.05, 3.63) is 29.3 Å². The summed E-state index contributed by atoms with van der Waals surface area (Å²) < 4.78 is 30.6. The van der Waals surface area contributed by atoms with Gasteiger partial charge in [-0.05, 0) is 24.1 Å². The first-order valence-electron chi connectivity index (χ1n) is 5.74. The number of aromatic carboxylic acids is 1. The van der Waals surface area contributed by atoms with Crippen LogP contribution in [0.3, 0.4) is 0 Å². The summed E-state index contributed by atoms with van der Waals surface area (Å²) in [5.74, 6) is -1.96. The van der Waals surface area contributed by atoms with Gasteiger partial charge in [0.15, 0.2) is 0 Å². The highest BCUT2D eigenvalue weighted by Crippen LogP contribution is 2.18. The van der Waals surface area contributed by atoms with E-state index in [0.29, 0.717) is 12.0 Å². The molecule has 0 unspecified atom stereocenters. The summed E-state index contributed by atoms with van der Waals surface area (Å²) in [5.41, 5.74) is 0.327. The lowest BCUT2D eigenvalue weighted by Gasteiger charge is -2.10. The van der Waals surface area contributed by atoms with E-state index in [9.17, 15) is 18.0 Å². The molecule has 0 saturated carbocycles. The second-order valence-electron chi connectivity index (χ2n) is 3.88. The molecule has 2 N–H and O–H groups in total. The number of methoxy groups -OCH3 is 1. The number of rotatable bonds is 6. The molecule has 8 heteroatoms. The highest BCUT2D eigenvalue weighted by atomic mass is 32.2. The molecular weight excluding hydrogens is 286 g/mol. The van der Waals surface area contributed by atoms with E-state index >= 15 is 0 Å². The summed E-state index contributed by atoms with van der Waals surface area (Å²) in [4.78, 5) is 21.7. The Hall–Kier alpha value is -1.93. The van der Waals surface area contributed by atoms with Crippen LogP contribution in [0.2, 0.25) is 0 Å². The van der Waals surface area contributed by atoms with E-state index in [4.69, 9.17) is 5.11 Å². The summed E-state index contributed by atoms with van der Waals surface area (Å²) >= 11 is 0. The van der Waals surface area contributed by atoms with Crippen LogP contribution >= 0.6 is 0 Å². The fourth-order valence-corrected chi connectivity index (χ4v) is 2.84. The molecule has 0 bridgehead atoms. The van der Waals surface area contributed by atoms with Gasteiger partial charge < -0.3 is 9.84 Å². The van der Waals surface area contributed by atoms with Crippen molar-refractivity contribution < 1.29 is 27.9 Å². The minimum Gasteiger partial charge on any atom is -0.478 e. The van der Waals surface area contributed by atoms with Crippen molar-refractivity contribution in [2.24, 2.45) is 0 Å². The third-order valence-corrected chi connectivity index (χ3v) is 4.10. The molecule has 0 heterocycles. The first-order chi connectivity index (χ1) is 9.31. The van der Waals surface area contributed by atoms with Crippen LogP contribution in [0.4, 0.5) is 0 Å². The lowest BCUT2D eigenvalue weighted by Crippen LogP contribution is -2.31. The summed E-state index contributed by atoms with van der Waals surface area (Å²) in [5, 5.41) is 8.91. The SMILES string of the molecule is CCc1ccc(C(=O)O)cc1S(=O)(=O)NCC(=O)OC. The molecule has 7 nitrogen and oxygen atoms in total. The molecule has 0 aliphatic heterocycles. The van der Waals surface area contributed by atoms with Gasteiger partial charge in [0.1, 0.15) is 6.54 Å². The topological polar surface area (TPSA) is 110 Å². The Bertz CT molecular complexity index is 623. The zero-order valence-corrected chi connectivity index (χ0v) is 11.9. The Labute approximate surface area is 116 Å². The van der Waals surface area contributed by atoms with Gasteiger partial charge in [-0.2, -0.15) is 4.72 Å². The number of carboxylic acid groups (broad SMARTS) is 1. The molecule has 1 rings (SSSR count). The maximum atomic E-state index is 12.1. The molecule has 110 valence electrons. The summed E-state index contributed by atoms with van der Waals surface area (Å²) in [7, 11) is -2.84. The predicted octanol–water partition coefficient (Wildman–Crippen LogP) is 0.399. The van der Waals surface area contributed by atoms with Crippen LogP contribution < -0.4 is 4.72 Å². The monoisotopic (exact) mass is 301 g/mol. The summed E-state index contributed by atoms with van der Waals surface area (Å²) in [6, 6.07) is 3.84. The average Bonchev–Trinajstić information content (AvgIpc) is 2.43. The Balaban J connectivity index is 3.18. The van der Waals surface area contributed by atoms with Crippen LogP contribution in [-0.4, -0.2) is 39.1 Å². The second-order valence-corrected chi connectivity index (χ2v) is 5.62. The van der Waals surface area contributed by atoms with Crippen LogP contribution in [-0.2, 0) is 26.0 Å². The van der Waals surface area contributed by atoms with Crippen molar-refractivity contribution in [2.45, 2.75) is 18.2 Å². The van der Waals surface area contributed by atoms with Gasteiger partial charge in [0.05, 0.1) is 17.6 Å². The summed E-state index contributed by atoms with van der Waals surface area (Å²) in [6.45, 7) is 1.23. The zero-order chi connectivity index (χ0) is 15.3. The van der Waals surface area contributed by atoms with Gasteiger partial charge in [-0.15, -0.1) is 0 Å². The number of sulfonamides is 1. The molecule has 0 amide bonds. The third-order valence-electron chi connectivity index (χ3n) is 2.62. The van der Waals surface area contributed by atoms with Crippen molar-refractivity contribution in [1.82, 2.24) is 4.72 Å². The van der Waals surface area contributed by atoms with Crippen molar-refractivity contribution in [1.29, 1.82) is 0 Å². The van der Waals surface area contributed by atoms with Gasteiger partial charge in [-0.1, -0.05) is 13.0 Å². The molecule has 0 saturated heterocycles. The number of nitrogens with one attached hydrogen (secondary N) is 1. The van der Waals surface area contributed by atoms with Gasteiger partial charge in [-0.3, -0.25) is 4.79 Å². The van der Waals surface area contributed by atoms with E-state index in [1.54, 1.807) is 6.92 Å². The van der Waals surface area contributed by atoms with Crippen LogP contribution in [0.15, 0.2) is 23.1 Å². The highest BCUT2D eigenvalue weighted by Gasteiger charge is 2.20. The number of hydrogen-bond acceptors (Lipinski definition) is 5. The first-order valence-corrected chi connectivity index (χ1v) is 7.22. The molecule has 0 aromatic heterocycles. The van der Waals surface area contributed by atoms with Crippen molar-refractivity contribution in [3.63, 3.8) is 0 Å². The normalized spacial score (nSPS) is 11.1. The summed E-state index contributed by atoms with van der Waals surface area (Å²) in [6.07, 6.45) is 0.411. The molecule has 0 aliphatic carbocycles. The van der Waals surface area contributed by atoms with Gasteiger partial charge in [0, 0.05) is 0 Å². The number of hydrogen-bond donors (Lipinski definition) is 2. The maximum absolute atomic E-state index is 12.1. The largest absolute Gasteiger partial charge is 0.478 e. The van der Waals surface area contributed by atoms with Gasteiger partial charge in [0.25, 0.3) is 0 Å². The van der Waals surface area contributed by atoms with E-state index in [1.807, 2.05) is 0 Å². The molecule has 20 heavy (non-hydrogen) atoms. The minimum atomic E-state index is -3.98. The quantitative estimate of drug-likeness (QED) is 0.736. The van der Waals surface area contributed by atoms with E-state index in [2.05, 4.69) is 9.46 Å². The van der Waals surface area contributed by atoms with Crippen LogP contribution in [0.1, 0.15) is 22.8 Å². The molecule has 0 radical (unpaired) electrons. The fraction of sp³-hybridized carbons (Fsp3) is 0.333. The van der Waals surface area contributed by atoms with Crippen molar-refractivity contribution in [3.8, 4) is 0 Å². The number of carbonyl (C=O) groups excluding carboxylic acids is 1. The van der Waals surface area contributed by atoms with E-state index < -0.39 is 28.5 Å². The second kappa shape index (κ2) is 6.49. The number of carbonyl (C=O) groups is 2. The minimum absolute atomic E-state index is 0.138. The van der Waals surface area contributed by atoms with Crippen LogP contribution in [0, 0.1) is 0 Å². The molecule has 0 atom stereocenters. The number of benzene rings is 1. The number of carboxylic acids is 1. The average molecular weight is 301 g/mol. The highest BCUT2D eigenvalue weighted by molar-refractivity contribution is 7.89. The lowest BCUT2D eigenvalue weighted by atomic mass is 10.1. The fourth-order valence-electron chi connectivity index (χ4n) is 1.53. The number of esters is 1. The first kappa shape index (κ1) is 16.1. The Morgan fingerprint density at radius 3 is 2.50 bits per heavy atom. The van der Waals surface area contributed by atoms with Crippen LogP contribution in [0.25, 0.3) is 0 Å². The Kier molecular flexibility index (Phi) is 5.23. The lowest BCUT2D eigenvalue weighted by molar-refractivity contribution is -0.139. The maximum Gasteiger partial charge on any atom is 0.335 e. The molecular formula is C12H15NO6S. The van der Waals surface area contributed by atoms with Crippen LogP contribution in [0.5, 0.6) is 0 Å².